The van der Waals surface area contributed by atoms with Gasteiger partial charge in [0, 0.05) is 37.1 Å². The van der Waals surface area contributed by atoms with E-state index < -0.39 is 0 Å². The van der Waals surface area contributed by atoms with Gasteiger partial charge >= 0.3 is 0 Å². The van der Waals surface area contributed by atoms with Crippen LogP contribution in [-0.4, -0.2) is 30.2 Å². The SMILES string of the molecule is Cc1ccc(C)c(C(=O)Nc2ccc(Nc3cc(N(C)C)cnn3)cc2)c1. The lowest BCUT2D eigenvalue weighted by atomic mass is 10.1. The summed E-state index contributed by atoms with van der Waals surface area (Å²) < 4.78 is 0. The third-order valence-corrected chi connectivity index (χ3v) is 4.21. The molecular formula is C21H23N5O. The molecule has 6 heteroatoms. The molecule has 0 radical (unpaired) electrons. The predicted molar refractivity (Wildman–Crippen MR) is 110 cm³/mol. The Morgan fingerprint density at radius 2 is 1.67 bits per heavy atom. The largest absolute Gasteiger partial charge is 0.376 e. The first-order valence-corrected chi connectivity index (χ1v) is 8.68. The summed E-state index contributed by atoms with van der Waals surface area (Å²) in [7, 11) is 3.91. The van der Waals surface area contributed by atoms with Gasteiger partial charge in [0.15, 0.2) is 5.82 Å². The maximum absolute atomic E-state index is 12.5. The zero-order chi connectivity index (χ0) is 19.4. The van der Waals surface area contributed by atoms with Crippen LogP contribution in [0.3, 0.4) is 0 Å². The summed E-state index contributed by atoms with van der Waals surface area (Å²) in [4.78, 5) is 14.5. The van der Waals surface area contributed by atoms with Crippen molar-refractivity contribution in [3.05, 3.63) is 71.4 Å². The summed E-state index contributed by atoms with van der Waals surface area (Å²) >= 11 is 0. The van der Waals surface area contributed by atoms with E-state index in [0.717, 1.165) is 28.2 Å². The Hall–Kier alpha value is -3.41. The Morgan fingerprint density at radius 1 is 0.963 bits per heavy atom. The molecular weight excluding hydrogens is 338 g/mol. The number of rotatable bonds is 5. The van der Waals surface area contributed by atoms with Gasteiger partial charge in [-0.15, -0.1) is 5.10 Å². The third kappa shape index (κ3) is 4.61. The number of benzene rings is 2. The number of carbonyl (C=O) groups is 1. The van der Waals surface area contributed by atoms with E-state index in [1.165, 1.54) is 0 Å². The summed E-state index contributed by atoms with van der Waals surface area (Å²) in [5.41, 5.74) is 5.27. The fraction of sp³-hybridized carbons (Fsp3) is 0.190. The first kappa shape index (κ1) is 18.4. The number of nitrogens with one attached hydrogen (secondary N) is 2. The fourth-order valence-electron chi connectivity index (χ4n) is 2.63. The summed E-state index contributed by atoms with van der Waals surface area (Å²) in [6.07, 6.45) is 1.71. The van der Waals surface area contributed by atoms with Gasteiger partial charge in [-0.25, -0.2) is 0 Å². The molecule has 27 heavy (non-hydrogen) atoms. The normalized spacial score (nSPS) is 10.4. The number of hydrogen-bond donors (Lipinski definition) is 2. The van der Waals surface area contributed by atoms with Crippen LogP contribution in [0.2, 0.25) is 0 Å². The van der Waals surface area contributed by atoms with Crippen LogP contribution in [0.15, 0.2) is 54.7 Å². The molecule has 138 valence electrons. The second-order valence-electron chi connectivity index (χ2n) is 6.67. The summed E-state index contributed by atoms with van der Waals surface area (Å²) in [6.45, 7) is 3.91. The highest BCUT2D eigenvalue weighted by molar-refractivity contribution is 6.05. The quantitative estimate of drug-likeness (QED) is 0.714. The van der Waals surface area contributed by atoms with Gasteiger partial charge in [0.2, 0.25) is 0 Å². The maximum Gasteiger partial charge on any atom is 0.255 e. The summed E-state index contributed by atoms with van der Waals surface area (Å²) in [5, 5.41) is 14.2. The van der Waals surface area contributed by atoms with Gasteiger partial charge in [-0.05, 0) is 49.7 Å². The molecule has 0 saturated heterocycles. The number of hydrogen-bond acceptors (Lipinski definition) is 5. The molecule has 0 fully saturated rings. The van der Waals surface area contributed by atoms with Crippen molar-refractivity contribution in [2.45, 2.75) is 13.8 Å². The van der Waals surface area contributed by atoms with Crippen molar-refractivity contribution < 1.29 is 4.79 Å². The Kier molecular flexibility index (Phi) is 5.35. The lowest BCUT2D eigenvalue weighted by Gasteiger charge is -2.13. The summed E-state index contributed by atoms with van der Waals surface area (Å²) in [6, 6.07) is 15.3. The van der Waals surface area contributed by atoms with E-state index in [1.54, 1.807) is 6.20 Å². The van der Waals surface area contributed by atoms with Crippen LogP contribution < -0.4 is 15.5 Å². The monoisotopic (exact) mass is 361 g/mol. The lowest BCUT2D eigenvalue weighted by molar-refractivity contribution is 0.102. The Labute approximate surface area is 159 Å². The van der Waals surface area contributed by atoms with Crippen molar-refractivity contribution in [3.8, 4) is 0 Å². The van der Waals surface area contributed by atoms with E-state index in [9.17, 15) is 4.79 Å². The summed E-state index contributed by atoms with van der Waals surface area (Å²) in [5.74, 6) is 0.551. The number of nitrogens with zero attached hydrogens (tertiary/aromatic N) is 3. The molecule has 3 aromatic rings. The molecule has 3 rings (SSSR count). The molecule has 0 bridgehead atoms. The number of aromatic nitrogens is 2. The molecule has 2 aromatic carbocycles. The highest BCUT2D eigenvalue weighted by atomic mass is 16.1. The Balaban J connectivity index is 1.69. The van der Waals surface area contributed by atoms with Crippen molar-refractivity contribution in [2.75, 3.05) is 29.6 Å². The molecule has 0 aliphatic heterocycles. The molecule has 1 heterocycles. The lowest BCUT2D eigenvalue weighted by Crippen LogP contribution is -2.13. The molecule has 2 N–H and O–H groups in total. The van der Waals surface area contributed by atoms with Gasteiger partial charge in [-0.3, -0.25) is 4.79 Å². The average molecular weight is 361 g/mol. The Morgan fingerprint density at radius 3 is 2.37 bits per heavy atom. The van der Waals surface area contributed by atoms with E-state index in [0.29, 0.717) is 11.4 Å². The topological polar surface area (TPSA) is 70.2 Å². The fourth-order valence-corrected chi connectivity index (χ4v) is 2.63. The van der Waals surface area contributed by atoms with Crippen molar-refractivity contribution in [1.29, 1.82) is 0 Å². The highest BCUT2D eigenvalue weighted by Crippen LogP contribution is 2.21. The maximum atomic E-state index is 12.5. The number of anilines is 4. The van der Waals surface area contributed by atoms with Crippen molar-refractivity contribution in [1.82, 2.24) is 10.2 Å². The third-order valence-electron chi connectivity index (χ3n) is 4.21. The zero-order valence-corrected chi connectivity index (χ0v) is 15.9. The van der Waals surface area contributed by atoms with Gasteiger partial charge < -0.3 is 15.5 Å². The minimum Gasteiger partial charge on any atom is -0.376 e. The molecule has 1 amide bonds. The van der Waals surface area contributed by atoms with Crippen LogP contribution in [0.1, 0.15) is 21.5 Å². The smallest absolute Gasteiger partial charge is 0.255 e. The van der Waals surface area contributed by atoms with Crippen molar-refractivity contribution in [3.63, 3.8) is 0 Å². The molecule has 6 nitrogen and oxygen atoms in total. The second-order valence-corrected chi connectivity index (χ2v) is 6.67. The predicted octanol–water partition coefficient (Wildman–Crippen LogP) is 4.16. The van der Waals surface area contributed by atoms with Crippen LogP contribution in [-0.2, 0) is 0 Å². The van der Waals surface area contributed by atoms with E-state index in [2.05, 4.69) is 20.8 Å². The first-order chi connectivity index (χ1) is 12.9. The molecule has 1 aromatic heterocycles. The number of carbonyl (C=O) groups excluding carboxylic acids is 1. The van der Waals surface area contributed by atoms with E-state index in [-0.39, 0.29) is 5.91 Å². The van der Waals surface area contributed by atoms with Gasteiger partial charge in [0.1, 0.15) is 0 Å². The Bertz CT molecular complexity index is 951. The van der Waals surface area contributed by atoms with Crippen LogP contribution in [0.5, 0.6) is 0 Å². The molecule has 0 atom stereocenters. The average Bonchev–Trinajstić information content (AvgIpc) is 2.65. The van der Waals surface area contributed by atoms with Crippen molar-refractivity contribution >= 4 is 28.8 Å². The van der Waals surface area contributed by atoms with E-state index in [1.807, 2.05) is 81.4 Å². The van der Waals surface area contributed by atoms with Gasteiger partial charge in [0.25, 0.3) is 5.91 Å². The number of aryl methyl sites for hydroxylation is 2. The van der Waals surface area contributed by atoms with Crippen LogP contribution in [0, 0.1) is 13.8 Å². The van der Waals surface area contributed by atoms with E-state index >= 15 is 0 Å². The molecule has 0 aliphatic carbocycles. The number of amides is 1. The van der Waals surface area contributed by atoms with Gasteiger partial charge in [-0.1, -0.05) is 17.7 Å². The highest BCUT2D eigenvalue weighted by Gasteiger charge is 2.09. The van der Waals surface area contributed by atoms with Crippen LogP contribution >= 0.6 is 0 Å². The van der Waals surface area contributed by atoms with Gasteiger partial charge in [-0.2, -0.15) is 5.10 Å². The molecule has 0 unspecified atom stereocenters. The van der Waals surface area contributed by atoms with Crippen LogP contribution in [0.4, 0.5) is 22.9 Å². The van der Waals surface area contributed by atoms with Gasteiger partial charge in [0.05, 0.1) is 11.9 Å². The molecule has 0 spiro atoms. The molecule has 0 saturated carbocycles. The minimum atomic E-state index is -0.110. The minimum absolute atomic E-state index is 0.110. The first-order valence-electron chi connectivity index (χ1n) is 8.68. The standard InChI is InChI=1S/C21H23N5O/c1-14-5-6-15(2)19(11-14)21(27)24-17-9-7-16(8-10-17)23-20-12-18(26(3)4)13-22-25-20/h5-13H,1-4H3,(H,23,25)(H,24,27). The van der Waals surface area contributed by atoms with E-state index in [4.69, 9.17) is 0 Å². The second kappa shape index (κ2) is 7.86. The van der Waals surface area contributed by atoms with Crippen LogP contribution in [0.25, 0.3) is 0 Å². The zero-order valence-electron chi connectivity index (χ0n) is 15.9. The van der Waals surface area contributed by atoms with Crippen molar-refractivity contribution in [2.24, 2.45) is 0 Å². The molecule has 0 aliphatic rings.